The zero-order valence-corrected chi connectivity index (χ0v) is 11.5. The van der Waals surface area contributed by atoms with E-state index in [0.717, 1.165) is 18.8 Å². The van der Waals surface area contributed by atoms with Crippen molar-refractivity contribution in [2.45, 2.75) is 29.0 Å². The van der Waals surface area contributed by atoms with Crippen LogP contribution in [0.2, 0.25) is 0 Å². The molecule has 1 fully saturated rings. The van der Waals surface area contributed by atoms with Crippen LogP contribution in [0.1, 0.15) is 24.3 Å². The molecule has 0 saturated carbocycles. The van der Waals surface area contributed by atoms with Gasteiger partial charge in [-0.2, -0.15) is 0 Å². The minimum Gasteiger partial charge on any atom is -0.303 e. The van der Waals surface area contributed by atoms with Crippen LogP contribution in [0.15, 0.2) is 29.2 Å². The minimum absolute atomic E-state index is 0.413. The van der Waals surface area contributed by atoms with Gasteiger partial charge in [-0.25, -0.2) is 0 Å². The van der Waals surface area contributed by atoms with Gasteiger partial charge in [-0.15, -0.1) is 23.4 Å². The number of alkyl halides is 1. The number of fused-ring (bicyclic) bond motifs is 1. The molecule has 0 N–H and O–H groups in total. The van der Waals surface area contributed by atoms with Gasteiger partial charge in [0.1, 0.15) is 0 Å². The highest BCUT2D eigenvalue weighted by atomic mass is 35.5. The topological polar surface area (TPSA) is 3.24 Å². The second-order valence-electron chi connectivity index (χ2n) is 5.02. The van der Waals surface area contributed by atoms with Crippen LogP contribution < -0.4 is 0 Å². The van der Waals surface area contributed by atoms with Gasteiger partial charge in [-0.3, -0.25) is 0 Å². The molecule has 2 aliphatic heterocycles. The molecule has 0 aliphatic carbocycles. The van der Waals surface area contributed by atoms with Gasteiger partial charge in [0.2, 0.25) is 0 Å². The third kappa shape index (κ3) is 2.64. The fourth-order valence-corrected chi connectivity index (χ4v) is 4.21. The predicted molar refractivity (Wildman–Crippen MR) is 75.2 cm³/mol. The van der Waals surface area contributed by atoms with Gasteiger partial charge in [0.15, 0.2) is 0 Å². The molecule has 2 heterocycles. The molecule has 1 aromatic carbocycles. The third-order valence-corrected chi connectivity index (χ3v) is 5.48. The van der Waals surface area contributed by atoms with E-state index in [1.165, 1.54) is 30.3 Å². The van der Waals surface area contributed by atoms with Crippen molar-refractivity contribution in [3.05, 3.63) is 29.8 Å². The molecule has 0 bridgehead atoms. The number of nitrogens with zero attached hydrogens (tertiary/aromatic N) is 1. The highest BCUT2D eigenvalue weighted by Gasteiger charge is 2.26. The summed E-state index contributed by atoms with van der Waals surface area (Å²) in [7, 11) is 0. The molecule has 17 heavy (non-hydrogen) atoms. The van der Waals surface area contributed by atoms with E-state index in [4.69, 9.17) is 11.6 Å². The smallest absolute Gasteiger partial charge is 0.0360 e. The van der Waals surface area contributed by atoms with Gasteiger partial charge in [0.25, 0.3) is 0 Å². The van der Waals surface area contributed by atoms with Crippen molar-refractivity contribution in [2.75, 3.05) is 25.4 Å². The van der Waals surface area contributed by atoms with Gasteiger partial charge < -0.3 is 4.90 Å². The molecule has 0 aromatic heterocycles. The van der Waals surface area contributed by atoms with Crippen molar-refractivity contribution >= 4 is 23.4 Å². The SMILES string of the molecule is ClC1CCN(CC2CSc3ccccc32)CC1. The van der Waals surface area contributed by atoms with Gasteiger partial charge in [-0.1, -0.05) is 18.2 Å². The number of piperidine rings is 1. The lowest BCUT2D eigenvalue weighted by Crippen LogP contribution is -2.37. The van der Waals surface area contributed by atoms with Crippen LogP contribution >= 0.6 is 23.4 Å². The van der Waals surface area contributed by atoms with Crippen molar-refractivity contribution in [2.24, 2.45) is 0 Å². The lowest BCUT2D eigenvalue weighted by atomic mass is 9.99. The largest absolute Gasteiger partial charge is 0.303 e. The van der Waals surface area contributed by atoms with Crippen LogP contribution in [-0.2, 0) is 0 Å². The molecule has 1 unspecified atom stereocenters. The molecule has 3 heteroatoms. The number of hydrogen-bond donors (Lipinski definition) is 0. The number of rotatable bonds is 2. The first-order valence-electron chi connectivity index (χ1n) is 6.41. The summed E-state index contributed by atoms with van der Waals surface area (Å²) in [6.07, 6.45) is 2.31. The Labute approximate surface area is 113 Å². The van der Waals surface area contributed by atoms with Crippen molar-refractivity contribution in [3.63, 3.8) is 0 Å². The quantitative estimate of drug-likeness (QED) is 0.754. The molecule has 2 aliphatic rings. The Morgan fingerprint density at radius 1 is 1.24 bits per heavy atom. The summed E-state index contributed by atoms with van der Waals surface area (Å²) in [5.41, 5.74) is 1.56. The van der Waals surface area contributed by atoms with Gasteiger partial charge >= 0.3 is 0 Å². The molecule has 1 saturated heterocycles. The lowest BCUT2D eigenvalue weighted by molar-refractivity contribution is 0.222. The summed E-state index contributed by atoms with van der Waals surface area (Å²) < 4.78 is 0. The molecule has 1 atom stereocenters. The number of hydrogen-bond acceptors (Lipinski definition) is 2. The minimum atomic E-state index is 0.413. The molecule has 1 nitrogen and oxygen atoms in total. The second-order valence-corrected chi connectivity index (χ2v) is 6.70. The summed E-state index contributed by atoms with van der Waals surface area (Å²) in [6.45, 7) is 3.57. The van der Waals surface area contributed by atoms with E-state index in [1.54, 1.807) is 5.56 Å². The van der Waals surface area contributed by atoms with E-state index in [-0.39, 0.29) is 0 Å². The summed E-state index contributed by atoms with van der Waals surface area (Å²) in [6, 6.07) is 8.87. The third-order valence-electron chi connectivity index (χ3n) is 3.79. The first-order valence-corrected chi connectivity index (χ1v) is 7.83. The Kier molecular flexibility index (Phi) is 3.64. The number of halogens is 1. The van der Waals surface area contributed by atoms with Gasteiger partial charge in [0.05, 0.1) is 0 Å². The zero-order chi connectivity index (χ0) is 11.7. The lowest BCUT2D eigenvalue weighted by Gasteiger charge is -2.31. The number of benzene rings is 1. The van der Waals surface area contributed by atoms with Crippen LogP contribution in [0.3, 0.4) is 0 Å². The van der Waals surface area contributed by atoms with E-state index >= 15 is 0 Å². The zero-order valence-electron chi connectivity index (χ0n) is 9.94. The van der Waals surface area contributed by atoms with Crippen molar-refractivity contribution in [3.8, 4) is 0 Å². The maximum Gasteiger partial charge on any atom is 0.0360 e. The standard InChI is InChI=1S/C14H18ClNS/c15-12-5-7-16(8-6-12)9-11-10-17-14-4-2-1-3-13(11)14/h1-4,11-12H,5-10H2. The van der Waals surface area contributed by atoms with Crippen molar-refractivity contribution in [1.82, 2.24) is 4.90 Å². The molecule has 1 aromatic rings. The Hall–Kier alpha value is -0.180. The first kappa shape index (κ1) is 11.9. The maximum absolute atomic E-state index is 6.15. The molecule has 0 radical (unpaired) electrons. The fourth-order valence-electron chi connectivity index (χ4n) is 2.78. The van der Waals surface area contributed by atoms with Crippen LogP contribution in [-0.4, -0.2) is 35.7 Å². The molecule has 3 rings (SSSR count). The van der Waals surface area contributed by atoms with E-state index < -0.39 is 0 Å². The van der Waals surface area contributed by atoms with Crippen LogP contribution in [0.4, 0.5) is 0 Å². The average Bonchev–Trinajstić information content (AvgIpc) is 2.76. The van der Waals surface area contributed by atoms with Crippen LogP contribution in [0.25, 0.3) is 0 Å². The monoisotopic (exact) mass is 267 g/mol. The number of likely N-dealkylation sites (tertiary alicyclic amines) is 1. The normalized spacial score (nSPS) is 26.1. The summed E-state index contributed by atoms with van der Waals surface area (Å²) in [4.78, 5) is 4.08. The molecular formula is C14H18ClNS. The molecule has 0 spiro atoms. The first-order chi connectivity index (χ1) is 8.33. The second kappa shape index (κ2) is 5.21. The Morgan fingerprint density at radius 3 is 2.82 bits per heavy atom. The van der Waals surface area contributed by atoms with Crippen molar-refractivity contribution in [1.29, 1.82) is 0 Å². The average molecular weight is 268 g/mol. The van der Waals surface area contributed by atoms with Crippen LogP contribution in [0, 0.1) is 0 Å². The summed E-state index contributed by atoms with van der Waals surface area (Å²) in [5, 5.41) is 0.413. The van der Waals surface area contributed by atoms with E-state index in [1.807, 2.05) is 11.8 Å². The predicted octanol–water partition coefficient (Wildman–Crippen LogP) is 3.58. The van der Waals surface area contributed by atoms with Crippen molar-refractivity contribution < 1.29 is 0 Å². The summed E-state index contributed by atoms with van der Waals surface area (Å²) >= 11 is 8.16. The van der Waals surface area contributed by atoms with E-state index in [0.29, 0.717) is 5.38 Å². The van der Waals surface area contributed by atoms with E-state index in [9.17, 15) is 0 Å². The number of thioether (sulfide) groups is 1. The molecular weight excluding hydrogens is 250 g/mol. The van der Waals surface area contributed by atoms with Gasteiger partial charge in [-0.05, 0) is 37.6 Å². The maximum atomic E-state index is 6.15. The summed E-state index contributed by atoms with van der Waals surface area (Å²) in [5.74, 6) is 1.98. The fraction of sp³-hybridized carbons (Fsp3) is 0.571. The Balaban J connectivity index is 1.64. The molecule has 0 amide bonds. The molecule has 92 valence electrons. The van der Waals surface area contributed by atoms with Gasteiger partial charge in [0, 0.05) is 28.5 Å². The Bertz CT molecular complexity index is 388. The highest BCUT2D eigenvalue weighted by Crippen LogP contribution is 2.39. The Morgan fingerprint density at radius 2 is 2.00 bits per heavy atom. The highest BCUT2D eigenvalue weighted by molar-refractivity contribution is 7.99. The van der Waals surface area contributed by atoms with Crippen LogP contribution in [0.5, 0.6) is 0 Å². The van der Waals surface area contributed by atoms with E-state index in [2.05, 4.69) is 29.2 Å².